The van der Waals surface area contributed by atoms with Crippen LogP contribution in [0.25, 0.3) is 0 Å². The first-order valence-corrected chi connectivity index (χ1v) is 17.6. The van der Waals surface area contributed by atoms with E-state index in [1.807, 2.05) is 13.8 Å². The Balaban J connectivity index is 1.54. The lowest BCUT2D eigenvalue weighted by atomic mass is 9.34. The monoisotopic (exact) mass is 670 g/mol. The normalized spacial score (nSPS) is 51.9. The van der Waals surface area contributed by atoms with E-state index in [-0.39, 0.29) is 23.7 Å². The lowest BCUT2D eigenvalue weighted by Gasteiger charge is -2.72. The minimum Gasteiger partial charge on any atom is -0.394 e. The van der Waals surface area contributed by atoms with Gasteiger partial charge in [-0.1, -0.05) is 46.8 Å². The summed E-state index contributed by atoms with van der Waals surface area (Å²) in [5, 5.41) is 97.8. The van der Waals surface area contributed by atoms with E-state index in [4.69, 9.17) is 9.47 Å². The highest BCUT2D eigenvalue weighted by molar-refractivity contribution is 5.23. The summed E-state index contributed by atoms with van der Waals surface area (Å²) < 4.78 is 12.6. The van der Waals surface area contributed by atoms with Crippen molar-refractivity contribution in [1.82, 2.24) is 0 Å². The van der Waals surface area contributed by atoms with E-state index in [2.05, 4.69) is 20.8 Å². The molecule has 272 valence electrons. The number of ether oxygens (including phenoxy) is 2. The highest BCUT2D eigenvalue weighted by Gasteiger charge is 2.73. The SMILES string of the molecule is CC(C)(O)C(O)C=CC(C)(O)C1CCC2(C)C1C(O)CC1C3(C)CCC(O)C(C)(C)C3C(OC3OC(CO)C(O)C(O)C3O)CC12C. The molecule has 1 aliphatic heterocycles. The van der Waals surface area contributed by atoms with E-state index >= 15 is 0 Å². The quantitative estimate of drug-likeness (QED) is 0.139. The van der Waals surface area contributed by atoms with Gasteiger partial charge in [0.2, 0.25) is 0 Å². The number of aliphatic hydroxyl groups is 9. The second-order valence-corrected chi connectivity index (χ2v) is 18.0. The van der Waals surface area contributed by atoms with Gasteiger partial charge in [-0.3, -0.25) is 0 Å². The second-order valence-electron chi connectivity index (χ2n) is 18.0. The van der Waals surface area contributed by atoms with E-state index in [1.165, 1.54) is 19.9 Å². The van der Waals surface area contributed by atoms with Crippen LogP contribution in [0.2, 0.25) is 0 Å². The van der Waals surface area contributed by atoms with E-state index in [0.717, 1.165) is 6.42 Å². The largest absolute Gasteiger partial charge is 0.394 e. The minimum atomic E-state index is -1.58. The van der Waals surface area contributed by atoms with Crippen molar-refractivity contribution in [3.8, 4) is 0 Å². The number of hydrogen-bond donors (Lipinski definition) is 9. The molecule has 0 aromatic carbocycles. The van der Waals surface area contributed by atoms with Gasteiger partial charge in [0.1, 0.15) is 30.5 Å². The van der Waals surface area contributed by atoms with Crippen LogP contribution in [0.5, 0.6) is 0 Å². The van der Waals surface area contributed by atoms with Gasteiger partial charge < -0.3 is 55.4 Å². The summed E-state index contributed by atoms with van der Waals surface area (Å²) in [6.45, 7) is 14.9. The fourth-order valence-electron chi connectivity index (χ4n) is 11.7. The third kappa shape index (κ3) is 5.77. The van der Waals surface area contributed by atoms with Gasteiger partial charge in [0.25, 0.3) is 0 Å². The topological polar surface area (TPSA) is 201 Å². The summed E-state index contributed by atoms with van der Waals surface area (Å²) in [6.07, 6.45) is -3.50. The van der Waals surface area contributed by atoms with Gasteiger partial charge in [0.05, 0.1) is 36.1 Å². The maximum atomic E-state index is 12.1. The van der Waals surface area contributed by atoms with Crippen molar-refractivity contribution >= 4 is 0 Å². The number of aliphatic hydroxyl groups excluding tert-OH is 7. The van der Waals surface area contributed by atoms with Crippen molar-refractivity contribution in [3.63, 3.8) is 0 Å². The van der Waals surface area contributed by atoms with Crippen LogP contribution in [-0.2, 0) is 9.47 Å². The predicted octanol–water partition coefficient (Wildman–Crippen LogP) is 1.24. The van der Waals surface area contributed by atoms with Crippen molar-refractivity contribution in [2.75, 3.05) is 6.61 Å². The molecule has 9 N–H and O–H groups in total. The van der Waals surface area contributed by atoms with E-state index in [9.17, 15) is 46.0 Å². The van der Waals surface area contributed by atoms with Crippen molar-refractivity contribution in [2.24, 2.45) is 45.3 Å². The summed E-state index contributed by atoms with van der Waals surface area (Å²) in [5.41, 5.74) is -4.65. The van der Waals surface area contributed by atoms with E-state index in [0.29, 0.717) is 32.1 Å². The summed E-state index contributed by atoms with van der Waals surface area (Å²) in [5.74, 6) is -0.805. The Hall–Kier alpha value is -0.700. The van der Waals surface area contributed by atoms with Crippen molar-refractivity contribution in [2.45, 2.75) is 160 Å². The number of rotatable bonds is 7. The summed E-state index contributed by atoms with van der Waals surface area (Å²) in [4.78, 5) is 0. The molecule has 0 aromatic heterocycles. The Labute approximate surface area is 279 Å². The molecule has 1 heterocycles. The van der Waals surface area contributed by atoms with Gasteiger partial charge in [0, 0.05) is 0 Å². The third-order valence-electron chi connectivity index (χ3n) is 14.5. The Morgan fingerprint density at radius 3 is 2.13 bits per heavy atom. The fourth-order valence-corrected chi connectivity index (χ4v) is 11.7. The van der Waals surface area contributed by atoms with Gasteiger partial charge >= 0.3 is 0 Å². The number of fused-ring (bicyclic) bond motifs is 5. The molecule has 0 spiro atoms. The molecule has 4 saturated carbocycles. The van der Waals surface area contributed by atoms with E-state index in [1.54, 1.807) is 13.0 Å². The molecule has 4 aliphatic carbocycles. The molecule has 11 heteroatoms. The summed E-state index contributed by atoms with van der Waals surface area (Å²) >= 11 is 0. The van der Waals surface area contributed by atoms with Crippen LogP contribution in [0.3, 0.4) is 0 Å². The Morgan fingerprint density at radius 1 is 0.894 bits per heavy atom. The van der Waals surface area contributed by atoms with Gasteiger partial charge in [-0.25, -0.2) is 0 Å². The molecule has 5 fully saturated rings. The summed E-state index contributed by atoms with van der Waals surface area (Å²) in [6, 6.07) is 0. The second kappa shape index (κ2) is 12.2. The Morgan fingerprint density at radius 2 is 1.53 bits per heavy atom. The standard InChI is InChI=1S/C36H62O11/c1-31(2)23(39)10-12-33(5)22-15-19(38)25-18(36(8,45)14-11-24(40)32(3,4)44)9-13-34(25,6)35(22,7)16-20(29(31)33)46-30-28(43)27(42)26(41)21(17-37)47-30/h11,14,18-30,37-45H,9-10,12-13,15-17H2,1-8H3. The highest BCUT2D eigenvalue weighted by atomic mass is 16.7. The molecule has 11 nitrogen and oxygen atoms in total. The Bertz CT molecular complexity index is 1170. The van der Waals surface area contributed by atoms with E-state index < -0.39 is 94.6 Å². The average molecular weight is 671 g/mol. The molecule has 0 amide bonds. The first-order chi connectivity index (χ1) is 21.5. The first kappa shape index (κ1) is 37.6. The van der Waals surface area contributed by atoms with Gasteiger partial charge in [-0.15, -0.1) is 0 Å². The van der Waals surface area contributed by atoms with Crippen LogP contribution >= 0.6 is 0 Å². The van der Waals surface area contributed by atoms with Crippen LogP contribution in [0.1, 0.15) is 93.9 Å². The number of hydrogen-bond acceptors (Lipinski definition) is 11. The van der Waals surface area contributed by atoms with Crippen LogP contribution in [-0.4, -0.2) is 119 Å². The van der Waals surface area contributed by atoms with Crippen LogP contribution in [0, 0.1) is 45.3 Å². The maximum Gasteiger partial charge on any atom is 0.186 e. The molecular formula is C36H62O11. The molecular weight excluding hydrogens is 608 g/mol. The molecule has 5 rings (SSSR count). The third-order valence-corrected chi connectivity index (χ3v) is 14.5. The highest BCUT2D eigenvalue weighted by Crippen LogP contribution is 2.76. The lowest BCUT2D eigenvalue weighted by Crippen LogP contribution is -2.71. The molecule has 0 radical (unpaired) electrons. The zero-order valence-corrected chi connectivity index (χ0v) is 29.5. The molecule has 0 aromatic rings. The fraction of sp³-hybridized carbons (Fsp3) is 0.944. The van der Waals surface area contributed by atoms with Crippen LogP contribution in [0.15, 0.2) is 12.2 Å². The smallest absolute Gasteiger partial charge is 0.186 e. The molecule has 47 heavy (non-hydrogen) atoms. The summed E-state index contributed by atoms with van der Waals surface area (Å²) in [7, 11) is 0. The average Bonchev–Trinajstić information content (AvgIpc) is 3.36. The van der Waals surface area contributed by atoms with Crippen molar-refractivity contribution in [3.05, 3.63) is 12.2 Å². The molecule has 5 aliphatic rings. The zero-order valence-electron chi connectivity index (χ0n) is 29.5. The van der Waals surface area contributed by atoms with Crippen molar-refractivity contribution < 1.29 is 55.4 Å². The molecule has 17 unspecified atom stereocenters. The molecule has 1 saturated heterocycles. The first-order valence-electron chi connectivity index (χ1n) is 17.6. The van der Waals surface area contributed by atoms with Gasteiger partial charge in [-0.05, 0) is 105 Å². The Kier molecular flexibility index (Phi) is 9.76. The van der Waals surface area contributed by atoms with Crippen molar-refractivity contribution in [1.29, 1.82) is 0 Å². The lowest BCUT2D eigenvalue weighted by molar-refractivity contribution is -0.346. The minimum absolute atomic E-state index is 0.0360. The van der Waals surface area contributed by atoms with Gasteiger partial charge in [0.15, 0.2) is 6.29 Å². The van der Waals surface area contributed by atoms with Gasteiger partial charge in [-0.2, -0.15) is 0 Å². The zero-order chi connectivity index (χ0) is 35.3. The molecule has 17 atom stereocenters. The van der Waals surface area contributed by atoms with Crippen LogP contribution < -0.4 is 0 Å². The van der Waals surface area contributed by atoms with Crippen LogP contribution in [0.4, 0.5) is 0 Å². The maximum absolute atomic E-state index is 12.1. The predicted molar refractivity (Wildman–Crippen MR) is 172 cm³/mol. The molecule has 0 bridgehead atoms.